The quantitative estimate of drug-likeness (QED) is 0.722. The number of aromatic nitrogens is 1. The van der Waals surface area contributed by atoms with E-state index in [0.29, 0.717) is 28.4 Å². The average molecular weight is 329 g/mol. The number of rotatable bonds is 4. The second kappa shape index (κ2) is 6.53. The Hall–Kier alpha value is -2.80. The molecule has 0 bridgehead atoms. The summed E-state index contributed by atoms with van der Waals surface area (Å²) in [6, 6.07) is 8.03. The molecule has 0 aliphatic heterocycles. The SMILES string of the molecule is CCN=c1scc(-c2ccc(O)cc2O)n1N=Cc1ccco1. The second-order valence-corrected chi connectivity index (χ2v) is 5.49. The van der Waals surface area contributed by atoms with Crippen LogP contribution in [-0.4, -0.2) is 27.6 Å². The highest BCUT2D eigenvalue weighted by molar-refractivity contribution is 7.07. The van der Waals surface area contributed by atoms with E-state index in [1.54, 1.807) is 35.4 Å². The standard InChI is InChI=1S/C16H15N3O3S/c1-2-17-16-19(18-9-12-4-3-7-22-12)14(10-23-16)13-6-5-11(20)8-15(13)21/h3-10,20-21H,2H2,1H3. The summed E-state index contributed by atoms with van der Waals surface area (Å²) in [5.41, 5.74) is 1.25. The van der Waals surface area contributed by atoms with Crippen LogP contribution >= 0.6 is 11.3 Å². The molecule has 7 heteroatoms. The first-order valence-electron chi connectivity index (χ1n) is 7.00. The molecule has 6 nitrogen and oxygen atoms in total. The molecule has 0 unspecified atom stereocenters. The molecule has 0 aliphatic rings. The van der Waals surface area contributed by atoms with Crippen LogP contribution in [0.2, 0.25) is 0 Å². The Bertz CT molecular complexity index is 892. The van der Waals surface area contributed by atoms with E-state index >= 15 is 0 Å². The van der Waals surface area contributed by atoms with Crippen molar-refractivity contribution < 1.29 is 14.6 Å². The molecule has 2 aromatic heterocycles. The molecular weight excluding hydrogens is 314 g/mol. The largest absolute Gasteiger partial charge is 0.508 e. The number of hydrogen-bond acceptors (Lipinski definition) is 6. The summed E-state index contributed by atoms with van der Waals surface area (Å²) >= 11 is 1.42. The molecule has 0 fully saturated rings. The average Bonchev–Trinajstić information content (AvgIpc) is 3.16. The van der Waals surface area contributed by atoms with Gasteiger partial charge in [-0.05, 0) is 31.2 Å². The highest BCUT2D eigenvalue weighted by Crippen LogP contribution is 2.32. The number of benzene rings is 1. The third-order valence-electron chi connectivity index (χ3n) is 3.08. The van der Waals surface area contributed by atoms with Gasteiger partial charge in [-0.3, -0.25) is 4.99 Å². The van der Waals surface area contributed by atoms with Crippen LogP contribution in [0.3, 0.4) is 0 Å². The zero-order chi connectivity index (χ0) is 16.2. The minimum atomic E-state index is -0.0206. The number of phenols is 2. The number of furan rings is 1. The van der Waals surface area contributed by atoms with Gasteiger partial charge in [-0.25, -0.2) is 4.68 Å². The lowest BCUT2D eigenvalue weighted by Gasteiger charge is -2.06. The fourth-order valence-corrected chi connectivity index (χ4v) is 2.95. The number of hydrogen-bond donors (Lipinski definition) is 2. The van der Waals surface area contributed by atoms with Crippen LogP contribution in [-0.2, 0) is 0 Å². The lowest BCUT2D eigenvalue weighted by atomic mass is 10.1. The molecule has 2 N–H and O–H groups in total. The summed E-state index contributed by atoms with van der Waals surface area (Å²) in [4.78, 5) is 5.11. The van der Waals surface area contributed by atoms with Gasteiger partial charge in [0.2, 0.25) is 4.80 Å². The molecule has 0 spiro atoms. The van der Waals surface area contributed by atoms with Gasteiger partial charge in [0.25, 0.3) is 0 Å². The molecule has 0 amide bonds. The first-order chi connectivity index (χ1) is 11.2. The van der Waals surface area contributed by atoms with Crippen molar-refractivity contribution in [2.24, 2.45) is 10.1 Å². The molecule has 0 saturated heterocycles. The van der Waals surface area contributed by atoms with E-state index in [4.69, 9.17) is 4.42 Å². The zero-order valence-corrected chi connectivity index (χ0v) is 13.2. The van der Waals surface area contributed by atoms with Crippen molar-refractivity contribution in [3.05, 3.63) is 52.5 Å². The predicted molar refractivity (Wildman–Crippen MR) is 88.9 cm³/mol. The summed E-state index contributed by atoms with van der Waals surface area (Å²) in [5, 5.41) is 25.8. The van der Waals surface area contributed by atoms with Gasteiger partial charge in [0.05, 0.1) is 18.2 Å². The van der Waals surface area contributed by atoms with Crippen molar-refractivity contribution in [1.29, 1.82) is 0 Å². The third-order valence-corrected chi connectivity index (χ3v) is 3.93. The van der Waals surface area contributed by atoms with Crippen molar-refractivity contribution in [1.82, 2.24) is 4.68 Å². The van der Waals surface area contributed by atoms with Gasteiger partial charge >= 0.3 is 0 Å². The van der Waals surface area contributed by atoms with Crippen molar-refractivity contribution in [3.63, 3.8) is 0 Å². The fraction of sp³-hybridized carbons (Fsp3) is 0.125. The Morgan fingerprint density at radius 2 is 2.17 bits per heavy atom. The summed E-state index contributed by atoms with van der Waals surface area (Å²) in [5.74, 6) is 0.602. The van der Waals surface area contributed by atoms with Crippen LogP contribution in [0.4, 0.5) is 0 Å². The van der Waals surface area contributed by atoms with Gasteiger partial charge in [0.1, 0.15) is 17.3 Å². The fourth-order valence-electron chi connectivity index (χ4n) is 2.06. The van der Waals surface area contributed by atoms with Crippen molar-refractivity contribution in [2.45, 2.75) is 6.92 Å². The smallest absolute Gasteiger partial charge is 0.206 e. The molecule has 3 aromatic rings. The highest BCUT2D eigenvalue weighted by atomic mass is 32.1. The van der Waals surface area contributed by atoms with E-state index < -0.39 is 0 Å². The lowest BCUT2D eigenvalue weighted by molar-refractivity contribution is 0.451. The van der Waals surface area contributed by atoms with Crippen LogP contribution in [0.1, 0.15) is 12.7 Å². The van der Waals surface area contributed by atoms with Crippen molar-refractivity contribution in [2.75, 3.05) is 6.54 Å². The highest BCUT2D eigenvalue weighted by Gasteiger charge is 2.12. The molecule has 118 valence electrons. The van der Waals surface area contributed by atoms with E-state index in [0.717, 1.165) is 0 Å². The van der Waals surface area contributed by atoms with Gasteiger partial charge in [-0.1, -0.05) is 0 Å². The number of thiazole rings is 1. The number of phenolic OH excluding ortho intramolecular Hbond substituents is 2. The van der Waals surface area contributed by atoms with Gasteiger partial charge in [-0.2, -0.15) is 5.10 Å². The Kier molecular flexibility index (Phi) is 4.29. The van der Waals surface area contributed by atoms with Crippen LogP contribution in [0.15, 0.2) is 56.5 Å². The minimum Gasteiger partial charge on any atom is -0.508 e. The first-order valence-corrected chi connectivity index (χ1v) is 7.88. The molecule has 3 rings (SSSR count). The molecule has 0 aliphatic carbocycles. The maximum atomic E-state index is 10.1. The Morgan fingerprint density at radius 3 is 2.87 bits per heavy atom. The molecule has 0 saturated carbocycles. The Morgan fingerprint density at radius 1 is 1.30 bits per heavy atom. The topological polar surface area (TPSA) is 83.3 Å². The third kappa shape index (κ3) is 3.19. The van der Waals surface area contributed by atoms with E-state index in [-0.39, 0.29) is 11.5 Å². The second-order valence-electron chi connectivity index (χ2n) is 4.65. The summed E-state index contributed by atoms with van der Waals surface area (Å²) in [6.07, 6.45) is 3.16. The normalized spacial score (nSPS) is 12.3. The monoisotopic (exact) mass is 329 g/mol. The van der Waals surface area contributed by atoms with E-state index in [2.05, 4.69) is 10.1 Å². The minimum absolute atomic E-state index is 0.00517. The van der Waals surface area contributed by atoms with Crippen molar-refractivity contribution in [3.8, 4) is 22.8 Å². The summed E-state index contributed by atoms with van der Waals surface area (Å²) < 4.78 is 6.89. The van der Waals surface area contributed by atoms with Crippen LogP contribution in [0.25, 0.3) is 11.3 Å². The summed E-state index contributed by atoms with van der Waals surface area (Å²) in [7, 11) is 0. The Labute approximate surface area is 136 Å². The molecule has 1 aromatic carbocycles. The van der Waals surface area contributed by atoms with Gasteiger partial charge < -0.3 is 14.6 Å². The number of nitrogens with zero attached hydrogens (tertiary/aromatic N) is 3. The molecular formula is C16H15N3O3S. The predicted octanol–water partition coefficient (Wildman–Crippen LogP) is 3.02. The maximum absolute atomic E-state index is 10.1. The van der Waals surface area contributed by atoms with E-state index in [1.165, 1.54) is 23.5 Å². The van der Waals surface area contributed by atoms with Crippen LogP contribution in [0.5, 0.6) is 11.5 Å². The van der Waals surface area contributed by atoms with Gasteiger partial charge in [0, 0.05) is 23.6 Å². The molecule has 0 atom stereocenters. The van der Waals surface area contributed by atoms with Gasteiger partial charge in [0.15, 0.2) is 0 Å². The maximum Gasteiger partial charge on any atom is 0.206 e. The van der Waals surface area contributed by atoms with Gasteiger partial charge in [-0.15, -0.1) is 11.3 Å². The van der Waals surface area contributed by atoms with E-state index in [1.807, 2.05) is 12.3 Å². The van der Waals surface area contributed by atoms with Crippen molar-refractivity contribution >= 4 is 17.6 Å². The number of aromatic hydroxyl groups is 2. The lowest BCUT2D eigenvalue weighted by Crippen LogP contribution is -2.12. The van der Waals surface area contributed by atoms with Crippen LogP contribution in [0, 0.1) is 0 Å². The molecule has 23 heavy (non-hydrogen) atoms. The molecule has 0 radical (unpaired) electrons. The first kappa shape index (κ1) is 15.1. The zero-order valence-electron chi connectivity index (χ0n) is 12.4. The van der Waals surface area contributed by atoms with Crippen LogP contribution < -0.4 is 4.80 Å². The Balaban J connectivity index is 2.12. The van der Waals surface area contributed by atoms with E-state index in [9.17, 15) is 10.2 Å². The summed E-state index contributed by atoms with van der Waals surface area (Å²) in [6.45, 7) is 2.57. The molecule has 2 heterocycles.